The number of carbonyl (C=O) groups excluding carboxylic acids is 1. The summed E-state index contributed by atoms with van der Waals surface area (Å²) < 4.78 is 27.8. The maximum atomic E-state index is 13.0. The summed E-state index contributed by atoms with van der Waals surface area (Å²) in [7, 11) is 4.36. The van der Waals surface area contributed by atoms with Gasteiger partial charge in [-0.15, -0.1) is 0 Å². The molecule has 0 saturated heterocycles. The number of benzene rings is 1. The van der Waals surface area contributed by atoms with Gasteiger partial charge in [0.2, 0.25) is 17.7 Å². The van der Waals surface area contributed by atoms with E-state index in [1.807, 2.05) is 12.1 Å². The Morgan fingerprint density at radius 3 is 2.16 bits per heavy atom. The van der Waals surface area contributed by atoms with Crippen LogP contribution in [0.1, 0.15) is 31.3 Å². The van der Waals surface area contributed by atoms with Crippen LogP contribution in [0.15, 0.2) is 34.7 Å². The number of furan rings is 1. The van der Waals surface area contributed by atoms with Gasteiger partial charge in [0.15, 0.2) is 22.9 Å². The molecule has 2 N–H and O–H groups in total. The highest BCUT2D eigenvalue weighted by Crippen LogP contribution is 2.35. The Balaban J connectivity index is 1.84. The molecular weight excluding hydrogens is 492 g/mol. The van der Waals surface area contributed by atoms with Crippen molar-refractivity contribution in [2.24, 2.45) is 5.41 Å². The molecule has 1 aromatic carbocycles. The van der Waals surface area contributed by atoms with Crippen molar-refractivity contribution in [1.82, 2.24) is 9.97 Å². The highest BCUT2D eigenvalue weighted by molar-refractivity contribution is 6.89. The molecule has 3 aromatic rings. The molecule has 200 valence electrons. The molecule has 2 aromatic heterocycles. The van der Waals surface area contributed by atoms with Crippen LogP contribution in [0.2, 0.25) is 19.1 Å². The minimum Gasteiger partial charge on any atom is -0.493 e. The van der Waals surface area contributed by atoms with Gasteiger partial charge in [-0.1, -0.05) is 45.1 Å². The Hall–Kier alpha value is -3.73. The molecule has 0 unspecified atom stereocenters. The van der Waals surface area contributed by atoms with Crippen LogP contribution in [0.4, 0.5) is 11.6 Å². The summed E-state index contributed by atoms with van der Waals surface area (Å²) in [4.78, 5) is 21.3. The normalized spacial score (nSPS) is 11.6. The topological polar surface area (TPSA) is 117 Å². The van der Waals surface area contributed by atoms with E-state index < -0.39 is 14.0 Å². The van der Waals surface area contributed by atoms with Gasteiger partial charge in [0.25, 0.3) is 11.9 Å². The first-order chi connectivity index (χ1) is 17.4. The van der Waals surface area contributed by atoms with Gasteiger partial charge in [0, 0.05) is 13.1 Å². The minimum atomic E-state index is -1.75. The number of aromatic nitrogens is 2. The second kappa shape index (κ2) is 11.1. The van der Waals surface area contributed by atoms with Crippen molar-refractivity contribution in [1.29, 1.82) is 0 Å². The van der Waals surface area contributed by atoms with Crippen molar-refractivity contribution in [2.45, 2.75) is 39.9 Å². The molecule has 0 bridgehead atoms. The predicted molar refractivity (Wildman–Crippen MR) is 146 cm³/mol. The summed E-state index contributed by atoms with van der Waals surface area (Å²) in [6, 6.07) is 10.2. The second-order valence-electron chi connectivity index (χ2n) is 10.4. The van der Waals surface area contributed by atoms with E-state index in [0.717, 1.165) is 6.04 Å². The van der Waals surface area contributed by atoms with Crippen molar-refractivity contribution in [2.75, 3.05) is 39.0 Å². The maximum Gasteiger partial charge on any atom is 0.291 e. The van der Waals surface area contributed by atoms with Gasteiger partial charge in [-0.25, -0.2) is 0 Å². The Morgan fingerprint density at radius 1 is 0.973 bits per heavy atom. The molecule has 1 amide bonds. The van der Waals surface area contributed by atoms with Crippen molar-refractivity contribution >= 4 is 30.8 Å². The zero-order valence-electron chi connectivity index (χ0n) is 22.9. The molecule has 0 atom stereocenters. The van der Waals surface area contributed by atoms with Gasteiger partial charge in [-0.3, -0.25) is 4.79 Å². The molecule has 10 nitrogen and oxygen atoms in total. The second-order valence-corrected chi connectivity index (χ2v) is 15.1. The number of hydrogen-bond acceptors (Lipinski definition) is 9. The fourth-order valence-electron chi connectivity index (χ4n) is 4.32. The molecule has 2 heterocycles. The summed E-state index contributed by atoms with van der Waals surface area (Å²) in [5.41, 5.74) is 0.386. The smallest absolute Gasteiger partial charge is 0.291 e. The van der Waals surface area contributed by atoms with Crippen molar-refractivity contribution in [3.63, 3.8) is 0 Å². The Labute approximate surface area is 218 Å². The first kappa shape index (κ1) is 27.8. The molecule has 0 spiro atoms. The van der Waals surface area contributed by atoms with Crippen molar-refractivity contribution in [3.8, 4) is 29.2 Å². The van der Waals surface area contributed by atoms with Crippen LogP contribution in [-0.4, -0.2) is 52.3 Å². The van der Waals surface area contributed by atoms with E-state index >= 15 is 0 Å². The molecule has 0 radical (unpaired) electrons. The fraction of sp³-hybridized carbons (Fsp3) is 0.423. The molecule has 3 rings (SSSR count). The lowest BCUT2D eigenvalue weighted by atomic mass is 10.0. The quantitative estimate of drug-likeness (QED) is 0.345. The van der Waals surface area contributed by atoms with Crippen molar-refractivity contribution < 1.29 is 28.2 Å². The van der Waals surface area contributed by atoms with E-state index in [9.17, 15) is 4.79 Å². The Morgan fingerprint density at radius 2 is 1.62 bits per heavy atom. The zero-order chi connectivity index (χ0) is 27.4. The van der Waals surface area contributed by atoms with Crippen LogP contribution in [0.5, 0.6) is 29.2 Å². The van der Waals surface area contributed by atoms with Gasteiger partial charge in [-0.2, -0.15) is 9.97 Å². The Bertz CT molecular complexity index is 1230. The van der Waals surface area contributed by atoms with Crippen LogP contribution in [-0.2, 0) is 0 Å². The lowest BCUT2D eigenvalue weighted by Crippen LogP contribution is -2.44. The molecule has 11 heteroatoms. The van der Waals surface area contributed by atoms with Crippen LogP contribution in [0, 0.1) is 5.41 Å². The summed E-state index contributed by atoms with van der Waals surface area (Å²) in [6.45, 7) is 11.4. The summed E-state index contributed by atoms with van der Waals surface area (Å²) in [5.74, 6) is 1.27. The predicted octanol–water partition coefficient (Wildman–Crippen LogP) is 5.14. The Kier molecular flexibility index (Phi) is 8.37. The lowest BCUT2D eigenvalue weighted by molar-refractivity contribution is 0.0990. The molecule has 37 heavy (non-hydrogen) atoms. The van der Waals surface area contributed by atoms with E-state index in [2.05, 4.69) is 60.5 Å². The SMILES string of the molecule is CNc1nc(OC)c(NC(=O)c2ccc(Oc3cc([Si](C)(C)CC(C)(C)C)ccc3OC)o2)c(OC)n1. The first-order valence-electron chi connectivity index (χ1n) is 11.9. The number of rotatable bonds is 10. The summed E-state index contributed by atoms with van der Waals surface area (Å²) in [6.07, 6.45) is 0. The van der Waals surface area contributed by atoms with E-state index in [-0.39, 0.29) is 40.5 Å². The van der Waals surface area contributed by atoms with E-state index in [4.69, 9.17) is 23.4 Å². The zero-order valence-corrected chi connectivity index (χ0v) is 23.9. The molecule has 0 fully saturated rings. The number of nitrogens with one attached hydrogen (secondary N) is 2. The number of ether oxygens (including phenoxy) is 4. The van der Waals surface area contributed by atoms with E-state index in [1.165, 1.54) is 25.5 Å². The first-order valence-corrected chi connectivity index (χ1v) is 15.1. The third-order valence-electron chi connectivity index (χ3n) is 5.62. The van der Waals surface area contributed by atoms with Gasteiger partial charge >= 0.3 is 0 Å². The number of nitrogens with zero attached hydrogens (tertiary/aromatic N) is 2. The van der Waals surface area contributed by atoms with Gasteiger partial charge in [0.1, 0.15) is 0 Å². The van der Waals surface area contributed by atoms with Gasteiger partial charge in [-0.05, 0) is 29.7 Å². The number of carbonyl (C=O) groups is 1. The number of hydrogen-bond donors (Lipinski definition) is 2. The molecule has 0 aliphatic carbocycles. The van der Waals surface area contributed by atoms with Gasteiger partial charge in [0.05, 0.1) is 29.4 Å². The number of methoxy groups -OCH3 is 3. The maximum absolute atomic E-state index is 13.0. The summed E-state index contributed by atoms with van der Waals surface area (Å²) >= 11 is 0. The van der Waals surface area contributed by atoms with E-state index in [0.29, 0.717) is 11.5 Å². The van der Waals surface area contributed by atoms with Crippen LogP contribution >= 0.6 is 0 Å². The average Bonchev–Trinajstić information content (AvgIpc) is 3.31. The van der Waals surface area contributed by atoms with Crippen molar-refractivity contribution in [3.05, 3.63) is 36.1 Å². The van der Waals surface area contributed by atoms with Crippen LogP contribution in [0.3, 0.4) is 0 Å². The monoisotopic (exact) mass is 528 g/mol. The third-order valence-corrected chi connectivity index (χ3v) is 9.44. The fourth-order valence-corrected chi connectivity index (χ4v) is 8.23. The molecular formula is C26H36N4O6Si. The largest absolute Gasteiger partial charge is 0.493 e. The van der Waals surface area contributed by atoms with Crippen LogP contribution in [0.25, 0.3) is 0 Å². The van der Waals surface area contributed by atoms with Gasteiger partial charge < -0.3 is 34.0 Å². The van der Waals surface area contributed by atoms with Crippen LogP contribution < -0.4 is 34.8 Å². The lowest BCUT2D eigenvalue weighted by Gasteiger charge is -2.31. The molecule has 0 aliphatic rings. The minimum absolute atomic E-state index is 0.0226. The summed E-state index contributed by atoms with van der Waals surface area (Å²) in [5, 5.41) is 6.74. The highest BCUT2D eigenvalue weighted by atomic mass is 28.3. The highest BCUT2D eigenvalue weighted by Gasteiger charge is 2.30. The molecule has 0 aliphatic heterocycles. The average molecular weight is 529 g/mol. The number of amides is 1. The molecule has 0 saturated carbocycles. The number of anilines is 2. The van der Waals surface area contributed by atoms with E-state index in [1.54, 1.807) is 20.2 Å². The third kappa shape index (κ3) is 6.73. The standard InChI is InChI=1S/C26H36N4O6Si/c1-26(2,3)15-37(8,9)16-10-11-17(32-5)19(14-16)36-20-13-12-18(35-20)22(31)28-21-23(33-6)29-25(27-4)30-24(21)34-7/h10-14H,15H2,1-9H3,(H,28,31)(H,27,29,30).